The highest BCUT2D eigenvalue weighted by atomic mass is 32.1. The van der Waals surface area contributed by atoms with Gasteiger partial charge in [-0.1, -0.05) is 6.08 Å². The molecular weight excluding hydrogens is 274 g/mol. The van der Waals surface area contributed by atoms with Gasteiger partial charge in [-0.2, -0.15) is 0 Å². The van der Waals surface area contributed by atoms with Crippen LogP contribution in [0.5, 0.6) is 0 Å². The first kappa shape index (κ1) is 15.0. The Morgan fingerprint density at radius 1 is 1.55 bits per heavy atom. The smallest absolute Gasteiger partial charge is 0.410 e. The summed E-state index contributed by atoms with van der Waals surface area (Å²) in [5.74, 6) is 0. The molecule has 110 valence electrons. The fourth-order valence-electron chi connectivity index (χ4n) is 2.02. The number of amides is 1. The van der Waals surface area contributed by atoms with Gasteiger partial charge in [0.15, 0.2) is 0 Å². The van der Waals surface area contributed by atoms with Crippen molar-refractivity contribution in [3.05, 3.63) is 22.2 Å². The molecule has 2 rings (SSSR count). The minimum Gasteiger partial charge on any atom is -0.444 e. The molecule has 0 saturated carbocycles. The van der Waals surface area contributed by atoms with Crippen molar-refractivity contribution < 1.29 is 9.53 Å². The molecule has 0 fully saturated rings. The van der Waals surface area contributed by atoms with Crippen molar-refractivity contribution in [2.45, 2.75) is 39.3 Å². The van der Waals surface area contributed by atoms with Crippen LogP contribution >= 0.6 is 11.3 Å². The molecule has 20 heavy (non-hydrogen) atoms. The van der Waals surface area contributed by atoms with Crippen molar-refractivity contribution >= 4 is 23.0 Å². The van der Waals surface area contributed by atoms with Crippen molar-refractivity contribution in [1.82, 2.24) is 9.88 Å². The van der Waals surface area contributed by atoms with Crippen LogP contribution in [0.25, 0.3) is 5.57 Å². The highest BCUT2D eigenvalue weighted by molar-refractivity contribution is 7.12. The minimum absolute atomic E-state index is 0.173. The molecule has 0 aromatic carbocycles. The van der Waals surface area contributed by atoms with E-state index in [0.29, 0.717) is 13.1 Å². The Morgan fingerprint density at radius 2 is 2.25 bits per heavy atom. The zero-order valence-electron chi connectivity index (χ0n) is 12.3. The Bertz CT molecular complexity index is 531. The highest BCUT2D eigenvalue weighted by Crippen LogP contribution is 2.26. The zero-order chi connectivity index (χ0) is 14.9. The van der Waals surface area contributed by atoms with Gasteiger partial charge in [0.05, 0.1) is 16.4 Å². The van der Waals surface area contributed by atoms with Crippen LogP contribution in [0.4, 0.5) is 4.79 Å². The first-order chi connectivity index (χ1) is 9.24. The van der Waals surface area contributed by atoms with E-state index >= 15 is 0 Å². The highest BCUT2D eigenvalue weighted by Gasteiger charge is 2.27. The van der Waals surface area contributed by atoms with Gasteiger partial charge in [-0.15, -0.1) is 11.3 Å². The minimum atomic E-state index is -0.496. The number of ether oxygens (including phenoxy) is 1. The largest absolute Gasteiger partial charge is 0.444 e. The molecule has 0 bridgehead atoms. The van der Waals surface area contributed by atoms with E-state index in [1.54, 1.807) is 16.2 Å². The summed E-state index contributed by atoms with van der Waals surface area (Å²) in [6.45, 7) is 8.54. The third-order valence-electron chi connectivity index (χ3n) is 2.80. The molecule has 2 heterocycles. The summed E-state index contributed by atoms with van der Waals surface area (Å²) in [4.78, 5) is 19.1. The van der Waals surface area contributed by atoms with Gasteiger partial charge in [0.1, 0.15) is 5.60 Å². The Balaban J connectivity index is 2.12. The standard InChI is InChI=1S/C14H21N3O2S/c1-9-16-6-12(20-9)10-5-11(15)8-17(7-10)13(18)19-14(2,3)4/h5-6,11H,7-8,15H2,1-4H3. The molecule has 0 saturated heterocycles. The molecular formula is C14H21N3O2S. The Hall–Kier alpha value is -1.40. The molecule has 0 spiro atoms. The molecule has 1 aromatic heterocycles. The number of aromatic nitrogens is 1. The number of rotatable bonds is 1. The van der Waals surface area contributed by atoms with Crippen LogP contribution in [0.2, 0.25) is 0 Å². The second-order valence-corrected chi connectivity index (χ2v) is 7.19. The molecule has 1 aliphatic heterocycles. The third-order valence-corrected chi connectivity index (χ3v) is 3.79. The van der Waals surface area contributed by atoms with Crippen LogP contribution < -0.4 is 5.73 Å². The van der Waals surface area contributed by atoms with Gasteiger partial charge in [0.2, 0.25) is 0 Å². The molecule has 2 N–H and O–H groups in total. The van der Waals surface area contributed by atoms with Crippen molar-refractivity contribution in [2.24, 2.45) is 5.73 Å². The lowest BCUT2D eigenvalue weighted by Crippen LogP contribution is -2.46. The quantitative estimate of drug-likeness (QED) is 0.864. The topological polar surface area (TPSA) is 68.5 Å². The van der Waals surface area contributed by atoms with Gasteiger partial charge < -0.3 is 15.4 Å². The van der Waals surface area contributed by atoms with Crippen molar-refractivity contribution in [2.75, 3.05) is 13.1 Å². The normalized spacial score (nSPS) is 19.8. The van der Waals surface area contributed by atoms with Crippen molar-refractivity contribution in [3.63, 3.8) is 0 Å². The zero-order valence-corrected chi connectivity index (χ0v) is 13.2. The van der Waals surface area contributed by atoms with Crippen LogP contribution in [0.15, 0.2) is 12.3 Å². The first-order valence-corrected chi connectivity index (χ1v) is 7.43. The van der Waals surface area contributed by atoms with E-state index in [9.17, 15) is 4.79 Å². The first-order valence-electron chi connectivity index (χ1n) is 6.61. The molecule has 1 amide bonds. The predicted molar refractivity (Wildman–Crippen MR) is 80.6 cm³/mol. The van der Waals surface area contributed by atoms with E-state index in [-0.39, 0.29) is 12.1 Å². The van der Waals surface area contributed by atoms with Gasteiger partial charge in [-0.05, 0) is 33.3 Å². The Morgan fingerprint density at radius 3 is 2.80 bits per heavy atom. The van der Waals surface area contributed by atoms with E-state index in [1.165, 1.54) is 0 Å². The predicted octanol–water partition coefficient (Wildman–Crippen LogP) is 2.41. The number of hydrogen-bond acceptors (Lipinski definition) is 5. The van der Waals surface area contributed by atoms with E-state index in [4.69, 9.17) is 10.5 Å². The summed E-state index contributed by atoms with van der Waals surface area (Å²) in [5, 5.41) is 1.00. The lowest BCUT2D eigenvalue weighted by molar-refractivity contribution is 0.0265. The summed E-state index contributed by atoms with van der Waals surface area (Å²) in [6, 6.07) is -0.173. The monoisotopic (exact) mass is 295 g/mol. The molecule has 0 radical (unpaired) electrons. The summed E-state index contributed by atoms with van der Waals surface area (Å²) < 4.78 is 5.41. The van der Waals surface area contributed by atoms with Crippen LogP contribution in [-0.2, 0) is 4.74 Å². The molecule has 5 nitrogen and oxygen atoms in total. The average molecular weight is 295 g/mol. The molecule has 1 aromatic rings. The molecule has 0 aliphatic carbocycles. The number of thiazole rings is 1. The average Bonchev–Trinajstić information content (AvgIpc) is 2.73. The number of carbonyl (C=O) groups is 1. The maximum absolute atomic E-state index is 12.2. The van der Waals surface area contributed by atoms with E-state index in [0.717, 1.165) is 15.5 Å². The van der Waals surface area contributed by atoms with Gasteiger partial charge in [-0.25, -0.2) is 9.78 Å². The molecule has 1 unspecified atom stereocenters. The van der Waals surface area contributed by atoms with E-state index in [1.807, 2.05) is 40.0 Å². The maximum atomic E-state index is 12.2. The second-order valence-electron chi connectivity index (χ2n) is 5.96. The summed E-state index contributed by atoms with van der Waals surface area (Å²) >= 11 is 1.61. The summed E-state index contributed by atoms with van der Waals surface area (Å²) in [7, 11) is 0. The molecule has 1 aliphatic rings. The number of carbonyl (C=O) groups excluding carboxylic acids is 1. The Labute approximate surface area is 123 Å². The summed E-state index contributed by atoms with van der Waals surface area (Å²) in [6.07, 6.45) is 3.52. The summed E-state index contributed by atoms with van der Waals surface area (Å²) in [5.41, 5.74) is 6.57. The number of hydrogen-bond donors (Lipinski definition) is 1. The van der Waals surface area contributed by atoms with Crippen LogP contribution in [0, 0.1) is 6.92 Å². The lowest BCUT2D eigenvalue weighted by Gasteiger charge is -2.32. The third kappa shape index (κ3) is 3.80. The van der Waals surface area contributed by atoms with Crippen molar-refractivity contribution in [1.29, 1.82) is 0 Å². The maximum Gasteiger partial charge on any atom is 0.410 e. The molecule has 1 atom stereocenters. The van der Waals surface area contributed by atoms with Crippen LogP contribution in [0.3, 0.4) is 0 Å². The van der Waals surface area contributed by atoms with Gasteiger partial charge in [0, 0.05) is 18.8 Å². The van der Waals surface area contributed by atoms with Crippen LogP contribution in [0.1, 0.15) is 30.7 Å². The fourth-order valence-corrected chi connectivity index (χ4v) is 2.82. The molecule has 6 heteroatoms. The SMILES string of the molecule is Cc1ncc(C2=CC(N)CN(C(=O)OC(C)(C)C)C2)s1. The van der Waals surface area contributed by atoms with Gasteiger partial charge in [0.25, 0.3) is 0 Å². The number of aryl methyl sites for hydroxylation is 1. The van der Waals surface area contributed by atoms with E-state index in [2.05, 4.69) is 4.98 Å². The fraction of sp³-hybridized carbons (Fsp3) is 0.571. The van der Waals surface area contributed by atoms with Crippen LogP contribution in [-0.4, -0.2) is 40.7 Å². The van der Waals surface area contributed by atoms with Gasteiger partial charge >= 0.3 is 6.09 Å². The van der Waals surface area contributed by atoms with Gasteiger partial charge in [-0.3, -0.25) is 0 Å². The van der Waals surface area contributed by atoms with Crippen molar-refractivity contribution in [3.8, 4) is 0 Å². The lowest BCUT2D eigenvalue weighted by atomic mass is 10.1. The van der Waals surface area contributed by atoms with E-state index < -0.39 is 5.60 Å². The second kappa shape index (κ2) is 5.54. The number of nitrogens with zero attached hydrogens (tertiary/aromatic N) is 2. The number of nitrogens with two attached hydrogens (primary N) is 1. The Kier molecular flexibility index (Phi) is 4.15.